The van der Waals surface area contributed by atoms with E-state index in [4.69, 9.17) is 0 Å². The Hall–Kier alpha value is -0.910. The minimum Gasteiger partial charge on any atom is -0.315 e. The lowest BCUT2D eigenvalue weighted by atomic mass is 10.2. The van der Waals surface area contributed by atoms with E-state index in [0.717, 1.165) is 25.1 Å². The van der Waals surface area contributed by atoms with Gasteiger partial charge in [-0.25, -0.2) is 12.7 Å². The number of hydrogen-bond donors (Lipinski definition) is 1. The number of hydrogen-bond acceptors (Lipinski definition) is 3. The van der Waals surface area contributed by atoms with Crippen molar-refractivity contribution < 1.29 is 8.42 Å². The first-order valence-corrected chi connectivity index (χ1v) is 7.41. The summed E-state index contributed by atoms with van der Waals surface area (Å²) in [5.74, 6) is 0.0842. The van der Waals surface area contributed by atoms with Crippen LogP contribution >= 0.6 is 0 Å². The first kappa shape index (κ1) is 12.5. The smallest absolute Gasteiger partial charge is 0.218 e. The monoisotopic (exact) mass is 254 g/mol. The van der Waals surface area contributed by atoms with Crippen LogP contribution in [0.2, 0.25) is 0 Å². The highest BCUT2D eigenvalue weighted by molar-refractivity contribution is 7.88. The van der Waals surface area contributed by atoms with Crippen molar-refractivity contribution in [1.29, 1.82) is 0 Å². The fourth-order valence-electron chi connectivity index (χ4n) is 2.06. The first-order chi connectivity index (χ1) is 8.09. The maximum atomic E-state index is 12.2. The van der Waals surface area contributed by atoms with Crippen molar-refractivity contribution >= 4 is 10.0 Å². The van der Waals surface area contributed by atoms with Crippen LogP contribution in [0.3, 0.4) is 0 Å². The molecule has 5 heteroatoms. The molecule has 4 nitrogen and oxygen atoms in total. The lowest BCUT2D eigenvalue weighted by Gasteiger charge is -2.23. The summed E-state index contributed by atoms with van der Waals surface area (Å²) in [6.45, 7) is 1.65. The van der Waals surface area contributed by atoms with E-state index in [9.17, 15) is 8.42 Å². The fraction of sp³-hybridized carbons (Fsp3) is 0.500. The molecule has 1 aliphatic rings. The third kappa shape index (κ3) is 3.06. The number of benzene rings is 1. The van der Waals surface area contributed by atoms with E-state index in [2.05, 4.69) is 5.32 Å². The van der Waals surface area contributed by atoms with E-state index in [-0.39, 0.29) is 11.8 Å². The molecule has 0 aliphatic carbocycles. The molecule has 1 heterocycles. The van der Waals surface area contributed by atoms with Gasteiger partial charge in [0.05, 0.1) is 5.75 Å². The molecule has 0 amide bonds. The summed E-state index contributed by atoms with van der Waals surface area (Å²) in [5, 5.41) is 3.18. The molecule has 1 atom stereocenters. The zero-order valence-electron chi connectivity index (χ0n) is 9.96. The Morgan fingerprint density at radius 3 is 2.65 bits per heavy atom. The van der Waals surface area contributed by atoms with Crippen molar-refractivity contribution in [2.45, 2.75) is 18.2 Å². The van der Waals surface area contributed by atoms with E-state index in [1.54, 1.807) is 7.05 Å². The molecule has 1 aromatic rings. The number of nitrogens with one attached hydrogen (secondary N) is 1. The summed E-state index contributed by atoms with van der Waals surface area (Å²) in [6, 6.07) is 9.41. The number of nitrogens with zero attached hydrogens (tertiary/aromatic N) is 1. The molecular formula is C12H18N2O2S. The summed E-state index contributed by atoms with van der Waals surface area (Å²) < 4.78 is 25.9. The van der Waals surface area contributed by atoms with Gasteiger partial charge in [-0.1, -0.05) is 30.3 Å². The number of sulfonamides is 1. The summed E-state index contributed by atoms with van der Waals surface area (Å²) in [6.07, 6.45) is 0.893. The molecule has 1 fully saturated rings. The van der Waals surface area contributed by atoms with Crippen molar-refractivity contribution in [1.82, 2.24) is 9.62 Å². The number of likely N-dealkylation sites (N-methyl/N-ethyl adjacent to an activating group) is 1. The van der Waals surface area contributed by atoms with Gasteiger partial charge in [-0.2, -0.15) is 0 Å². The van der Waals surface area contributed by atoms with Gasteiger partial charge in [0.15, 0.2) is 0 Å². The molecule has 1 aromatic carbocycles. The second-order valence-electron chi connectivity index (χ2n) is 4.40. The molecule has 1 saturated heterocycles. The minimum atomic E-state index is -3.20. The predicted octanol–water partition coefficient (Wildman–Crippen LogP) is 0.810. The molecule has 0 unspecified atom stereocenters. The van der Waals surface area contributed by atoms with Crippen molar-refractivity contribution in [3.63, 3.8) is 0 Å². The predicted molar refractivity (Wildman–Crippen MR) is 68.1 cm³/mol. The lowest BCUT2D eigenvalue weighted by Crippen LogP contribution is -2.38. The summed E-state index contributed by atoms with van der Waals surface area (Å²) in [5.41, 5.74) is 0.838. The topological polar surface area (TPSA) is 49.4 Å². The van der Waals surface area contributed by atoms with Gasteiger partial charge in [-0.05, 0) is 18.5 Å². The third-order valence-corrected chi connectivity index (χ3v) is 5.05. The molecule has 17 heavy (non-hydrogen) atoms. The molecule has 1 aliphatic heterocycles. The molecule has 0 saturated carbocycles. The van der Waals surface area contributed by atoms with Gasteiger partial charge in [0.25, 0.3) is 0 Å². The molecule has 2 rings (SSSR count). The summed E-state index contributed by atoms with van der Waals surface area (Å²) >= 11 is 0. The van der Waals surface area contributed by atoms with E-state index in [1.807, 2.05) is 30.3 Å². The zero-order valence-corrected chi connectivity index (χ0v) is 10.8. The van der Waals surface area contributed by atoms with E-state index < -0.39 is 10.0 Å². The average molecular weight is 254 g/mol. The van der Waals surface area contributed by atoms with Crippen molar-refractivity contribution in [2.24, 2.45) is 0 Å². The Kier molecular flexibility index (Phi) is 3.81. The van der Waals surface area contributed by atoms with Gasteiger partial charge in [0, 0.05) is 19.6 Å². The van der Waals surface area contributed by atoms with Gasteiger partial charge >= 0.3 is 0 Å². The standard InChI is InChI=1S/C12H18N2O2S/c1-14(12-7-8-13-9-12)17(15,16)10-11-5-3-2-4-6-11/h2-6,12-13H,7-10H2,1H3/t12-/m0/s1. The maximum Gasteiger partial charge on any atom is 0.218 e. The Bertz CT molecular complexity index is 453. The molecule has 94 valence electrons. The van der Waals surface area contributed by atoms with Crippen LogP contribution in [0.15, 0.2) is 30.3 Å². The van der Waals surface area contributed by atoms with Crippen LogP contribution in [0.4, 0.5) is 0 Å². The Balaban J connectivity index is 2.08. The van der Waals surface area contributed by atoms with Crippen LogP contribution in [0.5, 0.6) is 0 Å². The van der Waals surface area contributed by atoms with Gasteiger partial charge in [0.1, 0.15) is 0 Å². The van der Waals surface area contributed by atoms with Crippen LogP contribution in [-0.4, -0.2) is 38.9 Å². The van der Waals surface area contributed by atoms with Gasteiger partial charge in [-0.3, -0.25) is 0 Å². The normalized spacial score (nSPS) is 20.9. The van der Waals surface area contributed by atoms with E-state index >= 15 is 0 Å². The Morgan fingerprint density at radius 1 is 1.35 bits per heavy atom. The lowest BCUT2D eigenvalue weighted by molar-refractivity contribution is 0.387. The van der Waals surface area contributed by atoms with E-state index in [1.165, 1.54) is 4.31 Å². The van der Waals surface area contributed by atoms with E-state index in [0.29, 0.717) is 0 Å². The zero-order chi connectivity index (χ0) is 12.3. The van der Waals surface area contributed by atoms with Crippen LogP contribution < -0.4 is 5.32 Å². The third-order valence-electron chi connectivity index (χ3n) is 3.18. The average Bonchev–Trinajstić information content (AvgIpc) is 2.82. The second kappa shape index (κ2) is 5.16. The van der Waals surface area contributed by atoms with Gasteiger partial charge in [-0.15, -0.1) is 0 Å². The Morgan fingerprint density at radius 2 is 2.06 bits per heavy atom. The summed E-state index contributed by atoms with van der Waals surface area (Å²) in [7, 11) is -1.53. The van der Waals surface area contributed by atoms with Gasteiger partial charge < -0.3 is 5.32 Å². The van der Waals surface area contributed by atoms with Crippen LogP contribution in [-0.2, 0) is 15.8 Å². The number of rotatable bonds is 4. The SMILES string of the molecule is CN([C@H]1CCNC1)S(=O)(=O)Cc1ccccc1. The second-order valence-corrected chi connectivity index (χ2v) is 6.43. The summed E-state index contributed by atoms with van der Waals surface area (Å²) in [4.78, 5) is 0. The first-order valence-electron chi connectivity index (χ1n) is 5.80. The molecule has 0 radical (unpaired) electrons. The molecule has 0 bridgehead atoms. The van der Waals surface area contributed by atoms with Crippen LogP contribution in [0.1, 0.15) is 12.0 Å². The fourth-order valence-corrected chi connectivity index (χ4v) is 3.52. The van der Waals surface area contributed by atoms with Crippen LogP contribution in [0.25, 0.3) is 0 Å². The molecular weight excluding hydrogens is 236 g/mol. The van der Waals surface area contributed by atoms with Crippen molar-refractivity contribution in [3.8, 4) is 0 Å². The Labute approximate surface area is 103 Å². The van der Waals surface area contributed by atoms with Crippen molar-refractivity contribution in [3.05, 3.63) is 35.9 Å². The largest absolute Gasteiger partial charge is 0.315 e. The van der Waals surface area contributed by atoms with Crippen LogP contribution in [0, 0.1) is 0 Å². The highest BCUT2D eigenvalue weighted by atomic mass is 32.2. The van der Waals surface area contributed by atoms with Crippen molar-refractivity contribution in [2.75, 3.05) is 20.1 Å². The quantitative estimate of drug-likeness (QED) is 0.865. The molecule has 0 spiro atoms. The maximum absolute atomic E-state index is 12.2. The highest BCUT2D eigenvalue weighted by Crippen LogP contribution is 2.15. The minimum absolute atomic E-state index is 0.0842. The van der Waals surface area contributed by atoms with Gasteiger partial charge in [0.2, 0.25) is 10.0 Å². The highest BCUT2D eigenvalue weighted by Gasteiger charge is 2.28. The molecule has 0 aromatic heterocycles. The molecule has 1 N–H and O–H groups in total.